The van der Waals surface area contributed by atoms with Gasteiger partial charge in [-0.1, -0.05) is 11.6 Å². The van der Waals surface area contributed by atoms with Gasteiger partial charge in [0.25, 0.3) is 0 Å². The predicted octanol–water partition coefficient (Wildman–Crippen LogP) is 1.28. The summed E-state index contributed by atoms with van der Waals surface area (Å²) in [4.78, 5) is 1.82. The van der Waals surface area contributed by atoms with Crippen molar-refractivity contribution in [2.24, 2.45) is 0 Å². The maximum Gasteiger partial charge on any atom is 0.163 e. The molecule has 0 aromatic heterocycles. The molecule has 0 saturated heterocycles. The van der Waals surface area contributed by atoms with E-state index in [9.17, 15) is 0 Å². The molecule has 5 nitrogen and oxygen atoms in total. The van der Waals surface area contributed by atoms with Crippen LogP contribution in [0.3, 0.4) is 0 Å². The monoisotopic (exact) mass is 267 g/mol. The van der Waals surface area contributed by atoms with Crippen molar-refractivity contribution in [3.63, 3.8) is 0 Å². The number of ether oxygens (including phenoxy) is 4. The quantitative estimate of drug-likeness (QED) is 0.258. The molecule has 17 heavy (non-hydrogen) atoms. The van der Waals surface area contributed by atoms with Crippen molar-refractivity contribution in [2.75, 3.05) is 54.7 Å². The van der Waals surface area contributed by atoms with Crippen molar-refractivity contribution >= 4 is 11.6 Å². The zero-order valence-corrected chi connectivity index (χ0v) is 11.7. The van der Waals surface area contributed by atoms with Crippen LogP contribution in [-0.4, -0.2) is 65.1 Å². The van der Waals surface area contributed by atoms with Gasteiger partial charge >= 0.3 is 0 Å². The Labute approximate surface area is 108 Å². The van der Waals surface area contributed by atoms with Gasteiger partial charge in [-0.15, -0.1) is 0 Å². The Morgan fingerprint density at radius 2 is 1.71 bits per heavy atom. The molecular weight excluding hydrogens is 246 g/mol. The summed E-state index contributed by atoms with van der Waals surface area (Å²) in [6.07, 6.45) is 1.52. The van der Waals surface area contributed by atoms with Crippen molar-refractivity contribution in [1.82, 2.24) is 4.90 Å². The molecule has 0 aliphatic carbocycles. The minimum absolute atomic E-state index is 0.366. The van der Waals surface area contributed by atoms with Crippen LogP contribution in [-0.2, 0) is 18.9 Å². The van der Waals surface area contributed by atoms with Gasteiger partial charge in [-0.05, 0) is 14.1 Å². The first-order valence-electron chi connectivity index (χ1n) is 5.36. The maximum atomic E-state index is 6.15. The largest absolute Gasteiger partial charge is 0.495 e. The second-order valence-electron chi connectivity index (χ2n) is 3.52. The topological polar surface area (TPSA) is 40.2 Å². The lowest BCUT2D eigenvalue weighted by Gasteiger charge is -2.21. The SMILES string of the molecule is COCCO/C=C(\OCCOC)C(Cl)N(C)C. The Balaban J connectivity index is 4.17. The van der Waals surface area contributed by atoms with Crippen LogP contribution in [0, 0.1) is 0 Å². The summed E-state index contributed by atoms with van der Waals surface area (Å²) in [5.41, 5.74) is -0.366. The summed E-state index contributed by atoms with van der Waals surface area (Å²) < 4.78 is 20.5. The number of alkyl halides is 1. The first kappa shape index (κ1) is 16.5. The molecule has 0 aliphatic rings. The van der Waals surface area contributed by atoms with Crippen molar-refractivity contribution in [3.8, 4) is 0 Å². The van der Waals surface area contributed by atoms with E-state index in [-0.39, 0.29) is 5.50 Å². The van der Waals surface area contributed by atoms with E-state index >= 15 is 0 Å². The number of hydrogen-bond donors (Lipinski definition) is 0. The van der Waals surface area contributed by atoms with Crippen LogP contribution in [0.5, 0.6) is 0 Å². The van der Waals surface area contributed by atoms with E-state index in [0.29, 0.717) is 32.2 Å². The number of hydrogen-bond acceptors (Lipinski definition) is 5. The molecule has 0 radical (unpaired) electrons. The smallest absolute Gasteiger partial charge is 0.163 e. The third-order valence-electron chi connectivity index (χ3n) is 1.85. The molecule has 0 fully saturated rings. The highest BCUT2D eigenvalue weighted by molar-refractivity contribution is 6.21. The van der Waals surface area contributed by atoms with E-state index in [0.717, 1.165) is 0 Å². The lowest BCUT2D eigenvalue weighted by atomic mass is 10.5. The van der Waals surface area contributed by atoms with Crippen molar-refractivity contribution in [3.05, 3.63) is 12.0 Å². The minimum Gasteiger partial charge on any atom is -0.495 e. The van der Waals surface area contributed by atoms with Crippen molar-refractivity contribution in [1.29, 1.82) is 0 Å². The molecule has 0 bridgehead atoms. The highest BCUT2D eigenvalue weighted by atomic mass is 35.5. The average Bonchev–Trinajstić information content (AvgIpc) is 2.31. The number of methoxy groups -OCH3 is 2. The Hall–Kier alpha value is -0.490. The summed E-state index contributed by atoms with van der Waals surface area (Å²) >= 11 is 6.15. The zero-order chi connectivity index (χ0) is 13.1. The molecule has 0 N–H and O–H groups in total. The van der Waals surface area contributed by atoms with Gasteiger partial charge in [0, 0.05) is 14.2 Å². The third kappa shape index (κ3) is 8.26. The van der Waals surface area contributed by atoms with Gasteiger partial charge in [-0.2, -0.15) is 0 Å². The normalized spacial score (nSPS) is 13.9. The highest BCUT2D eigenvalue weighted by Gasteiger charge is 2.15. The van der Waals surface area contributed by atoms with E-state index in [4.69, 9.17) is 30.5 Å². The van der Waals surface area contributed by atoms with E-state index < -0.39 is 0 Å². The second kappa shape index (κ2) is 10.7. The number of nitrogens with zero attached hydrogens (tertiary/aromatic N) is 1. The molecular formula is C11H22ClNO4. The summed E-state index contributed by atoms with van der Waals surface area (Å²) in [7, 11) is 6.96. The van der Waals surface area contributed by atoms with Gasteiger partial charge in [-0.25, -0.2) is 0 Å². The molecule has 1 atom stereocenters. The predicted molar refractivity (Wildman–Crippen MR) is 67.1 cm³/mol. The Morgan fingerprint density at radius 1 is 1.12 bits per heavy atom. The molecule has 0 spiro atoms. The Kier molecular flexibility index (Phi) is 10.3. The van der Waals surface area contributed by atoms with Crippen molar-refractivity contribution in [2.45, 2.75) is 5.50 Å². The van der Waals surface area contributed by atoms with Crippen LogP contribution in [0.1, 0.15) is 0 Å². The molecule has 0 aromatic rings. The van der Waals surface area contributed by atoms with E-state index in [2.05, 4.69) is 0 Å². The van der Waals surface area contributed by atoms with Gasteiger partial charge in [0.2, 0.25) is 0 Å². The van der Waals surface area contributed by atoms with Crippen LogP contribution in [0.15, 0.2) is 12.0 Å². The summed E-state index contributed by atoms with van der Waals surface area (Å²) in [6, 6.07) is 0. The fourth-order valence-corrected chi connectivity index (χ4v) is 1.04. The first-order valence-corrected chi connectivity index (χ1v) is 5.80. The van der Waals surface area contributed by atoms with Crippen LogP contribution >= 0.6 is 11.6 Å². The molecule has 0 aromatic carbocycles. The molecule has 0 heterocycles. The summed E-state index contributed by atoms with van der Waals surface area (Å²) in [5, 5.41) is 0. The van der Waals surface area contributed by atoms with Gasteiger partial charge in [-0.3, -0.25) is 4.90 Å². The van der Waals surface area contributed by atoms with Gasteiger partial charge in [0.05, 0.1) is 13.2 Å². The lowest BCUT2D eigenvalue weighted by Crippen LogP contribution is -2.26. The van der Waals surface area contributed by atoms with Crippen molar-refractivity contribution < 1.29 is 18.9 Å². The Bertz CT molecular complexity index is 212. The van der Waals surface area contributed by atoms with Gasteiger partial charge < -0.3 is 18.9 Å². The number of halogens is 1. The van der Waals surface area contributed by atoms with Crippen LogP contribution in [0.2, 0.25) is 0 Å². The second-order valence-corrected chi connectivity index (χ2v) is 3.94. The summed E-state index contributed by atoms with van der Waals surface area (Å²) in [5.74, 6) is 0.560. The van der Waals surface area contributed by atoms with Crippen LogP contribution < -0.4 is 0 Å². The highest BCUT2D eigenvalue weighted by Crippen LogP contribution is 2.14. The first-order chi connectivity index (χ1) is 8.13. The molecule has 1 unspecified atom stereocenters. The van der Waals surface area contributed by atoms with Crippen LogP contribution in [0.4, 0.5) is 0 Å². The molecule has 102 valence electrons. The maximum absolute atomic E-state index is 6.15. The molecule has 6 heteroatoms. The minimum atomic E-state index is -0.366. The fourth-order valence-electron chi connectivity index (χ4n) is 0.929. The van der Waals surface area contributed by atoms with Crippen LogP contribution in [0.25, 0.3) is 0 Å². The van der Waals surface area contributed by atoms with E-state index in [1.165, 1.54) is 6.26 Å². The fraction of sp³-hybridized carbons (Fsp3) is 0.818. The third-order valence-corrected chi connectivity index (χ3v) is 2.45. The Morgan fingerprint density at radius 3 is 2.24 bits per heavy atom. The number of likely N-dealkylation sites (N-methyl/N-ethyl adjacent to an activating group) is 1. The van der Waals surface area contributed by atoms with Gasteiger partial charge in [0.1, 0.15) is 25.0 Å². The molecule has 0 aliphatic heterocycles. The zero-order valence-electron chi connectivity index (χ0n) is 10.9. The summed E-state index contributed by atoms with van der Waals surface area (Å²) in [6.45, 7) is 1.93. The standard InChI is InChI=1S/C11H22ClNO4/c1-13(2)11(12)10(17-8-6-15-4)9-16-7-5-14-3/h9,11H,5-8H2,1-4H3/b10-9-. The molecule has 0 rings (SSSR count). The van der Waals surface area contributed by atoms with E-state index in [1.54, 1.807) is 14.2 Å². The van der Waals surface area contributed by atoms with Gasteiger partial charge in [0.15, 0.2) is 5.76 Å². The molecule has 0 saturated carbocycles. The lowest BCUT2D eigenvalue weighted by molar-refractivity contribution is 0.0817. The molecule has 0 amide bonds. The van der Waals surface area contributed by atoms with E-state index in [1.807, 2.05) is 19.0 Å². The average molecular weight is 268 g/mol. The number of rotatable bonds is 10.